The van der Waals surface area contributed by atoms with Crippen molar-refractivity contribution in [1.82, 2.24) is 4.90 Å². The van der Waals surface area contributed by atoms with Gasteiger partial charge in [-0.25, -0.2) is 0 Å². The van der Waals surface area contributed by atoms with Gasteiger partial charge in [0.15, 0.2) is 6.71 Å². The molecule has 0 bridgehead atoms. The van der Waals surface area contributed by atoms with Crippen molar-refractivity contribution in [3.8, 4) is 11.1 Å². The molecule has 11 fully saturated rings. The largest absolute Gasteiger partial charge is 0.365 e. The molecule has 5 aromatic carbocycles. The zero-order valence-corrected chi connectivity index (χ0v) is 57.7. The quantitative estimate of drug-likeness (QED) is 0.122. The van der Waals surface area contributed by atoms with Crippen LogP contribution in [0, 0.1) is 30.6 Å². The van der Waals surface area contributed by atoms with Crippen LogP contribution in [0.2, 0.25) is 23.3 Å². The molecule has 4 heterocycles. The predicted octanol–water partition coefficient (Wildman–Crippen LogP) is 21.8. The van der Waals surface area contributed by atoms with Crippen LogP contribution < -0.4 is 20.2 Å². The first kappa shape index (κ1) is 60.8. The zero-order valence-electron chi connectivity index (χ0n) is 56.9. The SMILES string of the molecule is Cc1cccc(-c2ccccc2)c1N1C2=CC3SC4CC(N(C5CCCCC5)C5CCCCC5)CC5CC6CCCCC6B(C3C=C2B2c3ccccc3N(c3ccccc3)C3CC(N(c6cccc(C7CCCCC7)c6)C6CCC(C7CCCCC7)CC6)CC1C23)C54. The number of thioether (sulfide) groups is 1. The molecule has 0 spiro atoms. The molecule has 8 saturated carbocycles. The maximum atomic E-state index is 3.35. The molecule has 4 nitrogen and oxygen atoms in total. The van der Waals surface area contributed by atoms with Gasteiger partial charge in [0.2, 0.25) is 6.71 Å². The third-order valence-electron chi connectivity index (χ3n) is 28.9. The summed E-state index contributed by atoms with van der Waals surface area (Å²) >= 11 is 2.56. The maximum Gasteiger partial charge on any atom is 0.221 e. The standard InChI is InChI=1S/C86H110B2N4S/c1-58-26-24-42-73(62-31-12-4-13-32-62)86(58)92-79-57-82-77(87-74-43-21-20-33-64(74)50-65-52-71(55-83(93-82)84(65)87)89(66-35-14-5-15-36-66)67-37-16-6-17-38-67)56-76(79)88-75-44-22-23-45-78(75)91(68-39-18-7-19-40-68)80-53-72(54-81(92)85(80)88)90(69-48-46-61(47-49-69)59-27-8-2-9-28-59)70-41-25-34-63(51-70)60-29-10-3-11-30-60/h4,7,12-13,18-19,22-26,31-32,34,39-42,44-45,51,56-57,59-61,64-67,69,71-72,74,77,80-85H,2-3,5-6,8-11,14-17,20-21,27-30,33,35-38,43,46-50,52-55H2,1H3. The molecule has 5 aromatic rings. The molecule has 0 N–H and O–H groups in total. The Balaban J connectivity index is 0.813. The van der Waals surface area contributed by atoms with Gasteiger partial charge in [-0.1, -0.05) is 235 Å². The van der Waals surface area contributed by atoms with Gasteiger partial charge in [0.25, 0.3) is 0 Å². The molecule has 0 aromatic heterocycles. The van der Waals surface area contributed by atoms with E-state index in [0.29, 0.717) is 47.6 Å². The first-order valence-electron chi connectivity index (χ1n) is 39.7. The zero-order chi connectivity index (χ0) is 61.5. The molecule has 4 aliphatic heterocycles. The lowest BCUT2D eigenvalue weighted by molar-refractivity contribution is 0.00784. The first-order valence-corrected chi connectivity index (χ1v) is 40.6. The minimum atomic E-state index is 0.283. The van der Waals surface area contributed by atoms with E-state index in [1.807, 2.05) is 0 Å². The van der Waals surface area contributed by atoms with Gasteiger partial charge in [-0.05, 0) is 203 Å². The summed E-state index contributed by atoms with van der Waals surface area (Å²) in [4.78, 5) is 12.7. The summed E-state index contributed by atoms with van der Waals surface area (Å²) in [5.74, 6) is 7.01. The molecule has 18 rings (SSSR count). The van der Waals surface area contributed by atoms with Crippen LogP contribution in [0.1, 0.15) is 229 Å². The molecule has 0 radical (unpaired) electrons. The van der Waals surface area contributed by atoms with E-state index in [0.717, 1.165) is 65.4 Å². The molecular formula is C86H110B2N4S. The second-order valence-electron chi connectivity index (χ2n) is 33.5. The fraction of sp³-hybridized carbons (Fsp3) is 0.605. The van der Waals surface area contributed by atoms with Crippen LogP contribution in [0.5, 0.6) is 0 Å². The van der Waals surface area contributed by atoms with Gasteiger partial charge in [-0.15, -0.1) is 0 Å². The van der Waals surface area contributed by atoms with Gasteiger partial charge in [-0.2, -0.15) is 11.8 Å². The Morgan fingerprint density at radius 3 is 1.85 bits per heavy atom. The monoisotopic (exact) mass is 1250 g/mol. The first-order chi connectivity index (χ1) is 46.1. The number of para-hydroxylation sites is 3. The van der Waals surface area contributed by atoms with Gasteiger partial charge >= 0.3 is 0 Å². The van der Waals surface area contributed by atoms with E-state index < -0.39 is 0 Å². The summed E-state index contributed by atoms with van der Waals surface area (Å²) in [6.07, 6.45) is 53.2. The van der Waals surface area contributed by atoms with Crippen molar-refractivity contribution in [1.29, 1.82) is 0 Å². The molecule has 12 unspecified atom stereocenters. The lowest BCUT2D eigenvalue weighted by Crippen LogP contribution is -2.69. The summed E-state index contributed by atoms with van der Waals surface area (Å²) < 4.78 is 0. The van der Waals surface area contributed by atoms with E-state index in [1.54, 1.807) is 27.9 Å². The van der Waals surface area contributed by atoms with Crippen LogP contribution in [0.3, 0.4) is 0 Å². The highest BCUT2D eigenvalue weighted by molar-refractivity contribution is 8.01. The Morgan fingerprint density at radius 2 is 1.10 bits per heavy atom. The Morgan fingerprint density at radius 1 is 0.462 bits per heavy atom. The Labute approximate surface area is 566 Å². The van der Waals surface area contributed by atoms with Gasteiger partial charge in [0.05, 0.1) is 5.69 Å². The lowest BCUT2D eigenvalue weighted by atomic mass is 9.18. The average Bonchev–Trinajstić information content (AvgIpc) is 0.690. The highest BCUT2D eigenvalue weighted by atomic mass is 32.2. The molecule has 3 saturated heterocycles. The Hall–Kier alpha value is -4.58. The molecule has 486 valence electrons. The van der Waals surface area contributed by atoms with Crippen LogP contribution in [0.4, 0.5) is 22.7 Å². The number of fused-ring (bicyclic) bond motifs is 8. The highest BCUT2D eigenvalue weighted by Crippen LogP contribution is 2.68. The van der Waals surface area contributed by atoms with Crippen molar-refractivity contribution in [3.05, 3.63) is 162 Å². The molecule has 93 heavy (non-hydrogen) atoms. The van der Waals surface area contributed by atoms with Gasteiger partial charge in [0.1, 0.15) is 0 Å². The van der Waals surface area contributed by atoms with E-state index in [-0.39, 0.29) is 6.04 Å². The molecule has 0 amide bonds. The number of anilines is 4. The summed E-state index contributed by atoms with van der Waals surface area (Å²) in [5, 5.41) is 1.24. The highest BCUT2D eigenvalue weighted by Gasteiger charge is 2.64. The number of hydrogen-bond acceptors (Lipinski definition) is 5. The minimum Gasteiger partial charge on any atom is -0.365 e. The number of aryl methyl sites for hydroxylation is 1. The smallest absolute Gasteiger partial charge is 0.221 e. The number of allylic oxidation sites excluding steroid dienone is 2. The molecule has 13 aliphatic rings. The van der Waals surface area contributed by atoms with Gasteiger partial charge in [0, 0.05) is 81.1 Å². The van der Waals surface area contributed by atoms with Crippen molar-refractivity contribution < 1.29 is 0 Å². The molecule has 12 atom stereocenters. The molecular weight excluding hydrogens is 1140 g/mol. The van der Waals surface area contributed by atoms with Crippen LogP contribution in [-0.4, -0.2) is 71.1 Å². The van der Waals surface area contributed by atoms with Crippen LogP contribution in [0.15, 0.2) is 151 Å². The summed E-state index contributed by atoms with van der Waals surface area (Å²) in [5.41, 5.74) is 16.6. The molecule has 9 aliphatic carbocycles. The third-order valence-corrected chi connectivity index (χ3v) is 30.5. The van der Waals surface area contributed by atoms with Crippen molar-refractivity contribution in [2.24, 2.45) is 23.7 Å². The fourth-order valence-electron chi connectivity index (χ4n) is 25.3. The Bertz CT molecular complexity index is 3440. The van der Waals surface area contributed by atoms with Crippen molar-refractivity contribution >= 4 is 53.4 Å². The van der Waals surface area contributed by atoms with Crippen molar-refractivity contribution in [2.45, 2.75) is 301 Å². The maximum absolute atomic E-state index is 3.35. The van der Waals surface area contributed by atoms with Gasteiger partial charge < -0.3 is 14.7 Å². The third kappa shape index (κ3) is 11.1. The van der Waals surface area contributed by atoms with Crippen molar-refractivity contribution in [2.75, 3.05) is 14.7 Å². The summed E-state index contributed by atoms with van der Waals surface area (Å²) in [6, 6.07) is 55.4. The normalized spacial score (nSPS) is 34.1. The molecule has 7 heteroatoms. The van der Waals surface area contributed by atoms with Crippen molar-refractivity contribution in [3.63, 3.8) is 0 Å². The van der Waals surface area contributed by atoms with E-state index in [1.165, 1.54) is 246 Å². The predicted molar refractivity (Wildman–Crippen MR) is 398 cm³/mol. The van der Waals surface area contributed by atoms with Crippen LogP contribution in [-0.2, 0) is 0 Å². The Kier molecular flexibility index (Phi) is 17.2. The fourth-order valence-corrected chi connectivity index (χ4v) is 27.3. The van der Waals surface area contributed by atoms with Crippen LogP contribution >= 0.6 is 11.8 Å². The minimum absolute atomic E-state index is 0.283. The van der Waals surface area contributed by atoms with E-state index in [2.05, 4.69) is 178 Å². The second-order valence-corrected chi connectivity index (χ2v) is 34.9. The van der Waals surface area contributed by atoms with Crippen LogP contribution in [0.25, 0.3) is 11.1 Å². The second kappa shape index (κ2) is 26.3. The van der Waals surface area contributed by atoms with E-state index in [4.69, 9.17) is 0 Å². The number of hydrogen-bond donors (Lipinski definition) is 0. The lowest BCUT2D eigenvalue weighted by Gasteiger charge is -2.64. The summed E-state index contributed by atoms with van der Waals surface area (Å²) in [7, 11) is 0. The topological polar surface area (TPSA) is 13.0 Å². The van der Waals surface area contributed by atoms with E-state index in [9.17, 15) is 0 Å². The number of benzene rings is 5. The average molecular weight is 1250 g/mol. The van der Waals surface area contributed by atoms with Gasteiger partial charge in [-0.3, -0.25) is 4.90 Å². The summed E-state index contributed by atoms with van der Waals surface area (Å²) in [6.45, 7) is 3.62. The number of rotatable bonds is 11. The van der Waals surface area contributed by atoms with E-state index >= 15 is 0 Å². The number of nitrogens with zero attached hydrogens (tertiary/aromatic N) is 4.